The van der Waals surface area contributed by atoms with Gasteiger partial charge in [0.25, 0.3) is 0 Å². The maximum atomic E-state index is 9.51. The zero-order chi connectivity index (χ0) is 18.5. The molecule has 0 aliphatic heterocycles. The Hall–Kier alpha value is -2.59. The van der Waals surface area contributed by atoms with E-state index in [0.29, 0.717) is 0 Å². The van der Waals surface area contributed by atoms with Crippen LogP contribution in [0.2, 0.25) is 0 Å². The molecule has 0 spiro atoms. The maximum absolute atomic E-state index is 9.51. The van der Waals surface area contributed by atoms with Crippen LogP contribution in [0.1, 0.15) is 19.0 Å². The van der Waals surface area contributed by atoms with Crippen LogP contribution in [0.25, 0.3) is 22.0 Å². The summed E-state index contributed by atoms with van der Waals surface area (Å²) in [6, 6.07) is 15.8. The van der Waals surface area contributed by atoms with Crippen molar-refractivity contribution in [3.63, 3.8) is 0 Å². The molecule has 0 fully saturated rings. The molecule has 0 saturated heterocycles. The normalized spacial score (nSPS) is 11.2. The highest BCUT2D eigenvalue weighted by Crippen LogP contribution is 2.30. The van der Waals surface area contributed by atoms with Gasteiger partial charge in [0.15, 0.2) is 0 Å². The largest absolute Gasteiger partial charge is 0.508 e. The van der Waals surface area contributed by atoms with Gasteiger partial charge >= 0.3 is 0 Å². The van der Waals surface area contributed by atoms with E-state index >= 15 is 0 Å². The average Bonchev–Trinajstić information content (AvgIpc) is 2.65. The van der Waals surface area contributed by atoms with Gasteiger partial charge in [-0.2, -0.15) is 0 Å². The number of pyridine rings is 1. The molecule has 4 heteroatoms. The SMILES string of the molecule is CCc1cc(NCCCN(C)C)c2cc(-c3ccc(O)cc3)ccc2n1. The summed E-state index contributed by atoms with van der Waals surface area (Å²) in [5, 5.41) is 14.2. The number of aryl methyl sites for hydroxylation is 1. The third kappa shape index (κ3) is 4.33. The minimum Gasteiger partial charge on any atom is -0.508 e. The number of phenolic OH excluding ortho intramolecular Hbond substituents is 1. The first-order chi connectivity index (χ1) is 12.6. The molecule has 2 N–H and O–H groups in total. The van der Waals surface area contributed by atoms with E-state index < -0.39 is 0 Å². The third-order valence-electron chi connectivity index (χ3n) is 4.52. The van der Waals surface area contributed by atoms with Crippen molar-refractivity contribution in [2.45, 2.75) is 19.8 Å². The van der Waals surface area contributed by atoms with Crippen LogP contribution < -0.4 is 5.32 Å². The van der Waals surface area contributed by atoms with Crippen LogP contribution in [0, 0.1) is 0 Å². The quantitative estimate of drug-likeness (QED) is 0.615. The van der Waals surface area contributed by atoms with Gasteiger partial charge in [-0.05, 0) is 74.9 Å². The molecule has 3 aromatic rings. The topological polar surface area (TPSA) is 48.4 Å². The average molecular weight is 349 g/mol. The monoisotopic (exact) mass is 349 g/mol. The third-order valence-corrected chi connectivity index (χ3v) is 4.52. The predicted octanol–water partition coefficient (Wildman–Crippen LogP) is 4.53. The van der Waals surface area contributed by atoms with E-state index in [1.165, 1.54) is 0 Å². The van der Waals surface area contributed by atoms with Crippen LogP contribution in [0.3, 0.4) is 0 Å². The highest BCUT2D eigenvalue weighted by atomic mass is 16.3. The van der Waals surface area contributed by atoms with Crippen molar-refractivity contribution in [1.82, 2.24) is 9.88 Å². The zero-order valence-electron chi connectivity index (χ0n) is 15.8. The summed E-state index contributed by atoms with van der Waals surface area (Å²) in [5.41, 5.74) is 5.47. The molecule has 1 heterocycles. The Kier molecular flexibility index (Phi) is 5.74. The van der Waals surface area contributed by atoms with E-state index in [9.17, 15) is 5.11 Å². The summed E-state index contributed by atoms with van der Waals surface area (Å²) in [5.74, 6) is 0.284. The number of anilines is 1. The summed E-state index contributed by atoms with van der Waals surface area (Å²) in [6.45, 7) is 4.13. The fourth-order valence-corrected chi connectivity index (χ4v) is 3.06. The second kappa shape index (κ2) is 8.19. The van der Waals surface area contributed by atoms with Crippen molar-refractivity contribution in [3.8, 4) is 16.9 Å². The number of aromatic hydroxyl groups is 1. The van der Waals surface area contributed by atoms with Gasteiger partial charge in [0.1, 0.15) is 5.75 Å². The van der Waals surface area contributed by atoms with Crippen LogP contribution in [-0.2, 0) is 6.42 Å². The van der Waals surface area contributed by atoms with Crippen LogP contribution >= 0.6 is 0 Å². The second-order valence-electron chi connectivity index (χ2n) is 6.88. The summed E-state index contributed by atoms with van der Waals surface area (Å²) >= 11 is 0. The van der Waals surface area contributed by atoms with E-state index in [0.717, 1.165) is 59.3 Å². The van der Waals surface area contributed by atoms with Crippen LogP contribution in [-0.4, -0.2) is 42.2 Å². The second-order valence-corrected chi connectivity index (χ2v) is 6.88. The lowest BCUT2D eigenvalue weighted by Crippen LogP contribution is -2.16. The molecule has 0 amide bonds. The molecule has 0 bridgehead atoms. The molecule has 26 heavy (non-hydrogen) atoms. The van der Waals surface area contributed by atoms with Crippen molar-refractivity contribution in [1.29, 1.82) is 0 Å². The smallest absolute Gasteiger partial charge is 0.115 e. The molecule has 0 radical (unpaired) electrons. The van der Waals surface area contributed by atoms with Gasteiger partial charge in [0, 0.05) is 23.3 Å². The molecular weight excluding hydrogens is 322 g/mol. The first kappa shape index (κ1) is 18.2. The van der Waals surface area contributed by atoms with Crippen molar-refractivity contribution in [2.24, 2.45) is 0 Å². The number of nitrogens with one attached hydrogen (secondary N) is 1. The van der Waals surface area contributed by atoms with E-state index in [-0.39, 0.29) is 5.75 Å². The Balaban J connectivity index is 1.94. The van der Waals surface area contributed by atoms with Gasteiger partial charge in [-0.15, -0.1) is 0 Å². The molecule has 136 valence electrons. The number of hydrogen-bond donors (Lipinski definition) is 2. The Bertz CT molecular complexity index is 872. The number of aromatic nitrogens is 1. The van der Waals surface area contributed by atoms with Gasteiger partial charge in [-0.25, -0.2) is 0 Å². The first-order valence-corrected chi connectivity index (χ1v) is 9.18. The highest BCUT2D eigenvalue weighted by molar-refractivity contribution is 5.94. The summed E-state index contributed by atoms with van der Waals surface area (Å²) in [7, 11) is 4.20. The summed E-state index contributed by atoms with van der Waals surface area (Å²) in [4.78, 5) is 6.97. The number of fused-ring (bicyclic) bond motifs is 1. The van der Waals surface area contributed by atoms with Gasteiger partial charge in [-0.1, -0.05) is 25.1 Å². The van der Waals surface area contributed by atoms with Crippen LogP contribution in [0.5, 0.6) is 5.75 Å². The Morgan fingerprint density at radius 2 is 1.73 bits per heavy atom. The molecule has 3 rings (SSSR count). The summed E-state index contributed by atoms with van der Waals surface area (Å²) < 4.78 is 0. The van der Waals surface area contributed by atoms with Crippen LogP contribution in [0.4, 0.5) is 5.69 Å². The standard InChI is InChI=1S/C22H27N3O/c1-4-18-15-22(23-12-5-13-25(2)3)20-14-17(8-11-21(20)24-18)16-6-9-19(26)10-7-16/h6-11,14-15,26H,4-5,12-13H2,1-3H3,(H,23,24). The summed E-state index contributed by atoms with van der Waals surface area (Å²) in [6.07, 6.45) is 2.01. The number of phenols is 1. The molecule has 0 saturated carbocycles. The van der Waals surface area contributed by atoms with Gasteiger partial charge in [0.05, 0.1) is 5.52 Å². The number of benzene rings is 2. The molecule has 0 aliphatic rings. The van der Waals surface area contributed by atoms with Crippen LogP contribution in [0.15, 0.2) is 48.5 Å². The highest BCUT2D eigenvalue weighted by Gasteiger charge is 2.08. The fraction of sp³-hybridized carbons (Fsp3) is 0.318. The molecule has 2 aromatic carbocycles. The number of rotatable bonds is 7. The van der Waals surface area contributed by atoms with E-state index in [1.54, 1.807) is 12.1 Å². The minimum absolute atomic E-state index is 0.284. The Morgan fingerprint density at radius 3 is 2.42 bits per heavy atom. The van der Waals surface area contributed by atoms with Crippen molar-refractivity contribution < 1.29 is 5.11 Å². The minimum atomic E-state index is 0.284. The zero-order valence-corrected chi connectivity index (χ0v) is 15.8. The van der Waals surface area contributed by atoms with E-state index in [4.69, 9.17) is 4.98 Å². The lowest BCUT2D eigenvalue weighted by Gasteiger charge is -2.14. The Labute approximate surface area is 155 Å². The van der Waals surface area contributed by atoms with E-state index in [2.05, 4.69) is 55.5 Å². The van der Waals surface area contributed by atoms with Crippen molar-refractivity contribution in [2.75, 3.05) is 32.5 Å². The molecule has 4 nitrogen and oxygen atoms in total. The van der Waals surface area contributed by atoms with Gasteiger partial charge in [0.2, 0.25) is 0 Å². The van der Waals surface area contributed by atoms with E-state index in [1.807, 2.05) is 12.1 Å². The molecule has 0 atom stereocenters. The number of nitrogens with zero attached hydrogens (tertiary/aromatic N) is 2. The Morgan fingerprint density at radius 1 is 1.00 bits per heavy atom. The van der Waals surface area contributed by atoms with Crippen molar-refractivity contribution in [3.05, 3.63) is 54.2 Å². The molecule has 1 aromatic heterocycles. The van der Waals surface area contributed by atoms with Gasteiger partial charge < -0.3 is 15.3 Å². The predicted molar refractivity (Wildman–Crippen MR) is 110 cm³/mol. The van der Waals surface area contributed by atoms with Crippen molar-refractivity contribution >= 4 is 16.6 Å². The van der Waals surface area contributed by atoms with Gasteiger partial charge in [-0.3, -0.25) is 4.98 Å². The first-order valence-electron chi connectivity index (χ1n) is 9.18. The molecular formula is C22H27N3O. The molecule has 0 unspecified atom stereocenters. The fourth-order valence-electron chi connectivity index (χ4n) is 3.06. The molecule has 0 aliphatic carbocycles. The lowest BCUT2D eigenvalue weighted by molar-refractivity contribution is 0.405. The lowest BCUT2D eigenvalue weighted by atomic mass is 10.0. The number of hydrogen-bond acceptors (Lipinski definition) is 4. The maximum Gasteiger partial charge on any atom is 0.115 e.